The molecule has 0 spiro atoms. The van der Waals surface area contributed by atoms with Gasteiger partial charge in [-0.1, -0.05) is 18.2 Å². The SMILES string of the molecule is O=C(C[C@@H](Cc1cc(F)c(F)cc1F)NS(=O)(=O)c1ccccc1)N1CCn2c(CF)nnc2C1. The van der Waals surface area contributed by atoms with E-state index in [4.69, 9.17) is 0 Å². The van der Waals surface area contributed by atoms with Crippen molar-refractivity contribution in [2.24, 2.45) is 0 Å². The molecule has 1 aromatic heterocycles. The molecular weight excluding hydrogens is 490 g/mol. The number of halogens is 4. The van der Waals surface area contributed by atoms with Crippen LogP contribution in [-0.4, -0.2) is 46.6 Å². The number of rotatable bonds is 8. The predicted molar refractivity (Wildman–Crippen MR) is 115 cm³/mol. The second-order valence-corrected chi connectivity index (χ2v) is 9.74. The Bertz CT molecular complexity index is 1330. The summed E-state index contributed by atoms with van der Waals surface area (Å²) in [5.41, 5.74) is -0.288. The molecule has 35 heavy (non-hydrogen) atoms. The molecule has 0 fully saturated rings. The molecular formula is C22H21F4N5O3S. The number of nitrogens with one attached hydrogen (secondary N) is 1. The summed E-state index contributed by atoms with van der Waals surface area (Å²) in [7, 11) is -4.11. The molecule has 2 aromatic carbocycles. The minimum atomic E-state index is -4.11. The van der Waals surface area contributed by atoms with Crippen molar-refractivity contribution >= 4 is 15.9 Å². The van der Waals surface area contributed by atoms with Crippen LogP contribution in [0.15, 0.2) is 47.4 Å². The first-order valence-corrected chi connectivity index (χ1v) is 12.1. The van der Waals surface area contributed by atoms with Gasteiger partial charge in [-0.3, -0.25) is 4.79 Å². The average Bonchev–Trinajstić information content (AvgIpc) is 3.25. The molecule has 8 nitrogen and oxygen atoms in total. The van der Waals surface area contributed by atoms with E-state index in [1.54, 1.807) is 10.6 Å². The number of fused-ring (bicyclic) bond motifs is 1. The van der Waals surface area contributed by atoms with Gasteiger partial charge >= 0.3 is 0 Å². The number of hydrogen-bond acceptors (Lipinski definition) is 5. The van der Waals surface area contributed by atoms with Gasteiger partial charge in [0, 0.05) is 31.6 Å². The third kappa shape index (κ3) is 5.51. The molecule has 186 valence electrons. The third-order valence-electron chi connectivity index (χ3n) is 5.65. The van der Waals surface area contributed by atoms with E-state index in [0.717, 1.165) is 0 Å². The summed E-state index contributed by atoms with van der Waals surface area (Å²) in [6.45, 7) is -0.312. The Morgan fingerprint density at radius 1 is 1.03 bits per heavy atom. The maximum absolute atomic E-state index is 14.3. The number of hydrogen-bond donors (Lipinski definition) is 1. The highest BCUT2D eigenvalue weighted by molar-refractivity contribution is 7.89. The van der Waals surface area contributed by atoms with Crippen LogP contribution in [0, 0.1) is 17.5 Å². The number of aromatic nitrogens is 3. The zero-order valence-electron chi connectivity index (χ0n) is 18.3. The van der Waals surface area contributed by atoms with Crippen molar-refractivity contribution in [1.82, 2.24) is 24.4 Å². The molecule has 0 radical (unpaired) electrons. The zero-order valence-corrected chi connectivity index (χ0v) is 19.1. The summed E-state index contributed by atoms with van der Waals surface area (Å²) in [5.74, 6) is -3.69. The van der Waals surface area contributed by atoms with Crippen molar-refractivity contribution < 1.29 is 30.8 Å². The Morgan fingerprint density at radius 2 is 1.74 bits per heavy atom. The molecule has 3 aromatic rings. The van der Waals surface area contributed by atoms with E-state index in [9.17, 15) is 30.8 Å². The lowest BCUT2D eigenvalue weighted by atomic mass is 10.0. The van der Waals surface area contributed by atoms with Crippen LogP contribution in [0.3, 0.4) is 0 Å². The molecule has 13 heteroatoms. The number of alkyl halides is 1. The van der Waals surface area contributed by atoms with Crippen LogP contribution in [0.4, 0.5) is 17.6 Å². The molecule has 1 atom stereocenters. The predicted octanol–water partition coefficient (Wildman–Crippen LogP) is 2.49. The van der Waals surface area contributed by atoms with Gasteiger partial charge in [-0.25, -0.2) is 30.7 Å². The lowest BCUT2D eigenvalue weighted by molar-refractivity contribution is -0.133. The van der Waals surface area contributed by atoms with Gasteiger partial charge in [-0.15, -0.1) is 10.2 Å². The van der Waals surface area contributed by atoms with Crippen LogP contribution < -0.4 is 4.72 Å². The lowest BCUT2D eigenvalue weighted by Crippen LogP contribution is -2.44. The quantitative estimate of drug-likeness (QED) is 0.370. The molecule has 0 aliphatic carbocycles. The number of benzene rings is 2. The van der Waals surface area contributed by atoms with Crippen molar-refractivity contribution in [3.63, 3.8) is 0 Å². The van der Waals surface area contributed by atoms with Gasteiger partial charge in [0.05, 0.1) is 11.4 Å². The van der Waals surface area contributed by atoms with Gasteiger partial charge in [-0.2, -0.15) is 0 Å². The molecule has 0 unspecified atom stereocenters. The normalized spacial score (nSPS) is 14.6. The molecule has 0 bridgehead atoms. The fourth-order valence-corrected chi connectivity index (χ4v) is 5.15. The van der Waals surface area contributed by atoms with E-state index >= 15 is 0 Å². The topological polar surface area (TPSA) is 97.2 Å². The first-order chi connectivity index (χ1) is 16.7. The monoisotopic (exact) mass is 511 g/mol. The summed E-state index contributed by atoms with van der Waals surface area (Å²) >= 11 is 0. The van der Waals surface area contributed by atoms with Gasteiger partial charge in [0.15, 0.2) is 23.3 Å². The molecule has 1 N–H and O–H groups in total. The lowest BCUT2D eigenvalue weighted by Gasteiger charge is -2.29. The van der Waals surface area contributed by atoms with Crippen LogP contribution >= 0.6 is 0 Å². The Kier molecular flexibility index (Phi) is 7.17. The summed E-state index contributed by atoms with van der Waals surface area (Å²) in [5, 5.41) is 7.61. The fraction of sp³-hybridized carbons (Fsp3) is 0.318. The second-order valence-electron chi connectivity index (χ2n) is 8.03. The van der Waals surface area contributed by atoms with Gasteiger partial charge < -0.3 is 9.47 Å². The molecule has 1 amide bonds. The molecule has 1 aliphatic rings. The van der Waals surface area contributed by atoms with Crippen molar-refractivity contribution in [3.8, 4) is 0 Å². The highest BCUT2D eigenvalue weighted by Crippen LogP contribution is 2.20. The summed E-state index contributed by atoms with van der Waals surface area (Å²) in [6.07, 6.45) is -0.800. The van der Waals surface area contributed by atoms with Crippen LogP contribution in [0.2, 0.25) is 0 Å². The third-order valence-corrected chi connectivity index (χ3v) is 7.19. The van der Waals surface area contributed by atoms with E-state index in [-0.39, 0.29) is 35.9 Å². The Balaban J connectivity index is 1.56. The highest BCUT2D eigenvalue weighted by atomic mass is 32.2. The smallest absolute Gasteiger partial charge is 0.240 e. The van der Waals surface area contributed by atoms with Gasteiger partial charge in [0.2, 0.25) is 15.9 Å². The molecule has 0 saturated heterocycles. The van der Waals surface area contributed by atoms with Crippen molar-refractivity contribution in [1.29, 1.82) is 0 Å². The Hall–Kier alpha value is -3.32. The van der Waals surface area contributed by atoms with Crippen LogP contribution in [0.25, 0.3) is 0 Å². The molecule has 4 rings (SSSR count). The van der Waals surface area contributed by atoms with Crippen molar-refractivity contribution in [2.75, 3.05) is 6.54 Å². The number of sulfonamides is 1. The summed E-state index contributed by atoms with van der Waals surface area (Å²) < 4.78 is 84.1. The minimum Gasteiger partial charge on any atom is -0.333 e. The molecule has 0 saturated carbocycles. The van der Waals surface area contributed by atoms with Crippen molar-refractivity contribution in [2.45, 2.75) is 43.5 Å². The molecule has 2 heterocycles. The van der Waals surface area contributed by atoms with Gasteiger partial charge in [-0.05, 0) is 30.2 Å². The second kappa shape index (κ2) is 10.1. The fourth-order valence-electron chi connectivity index (χ4n) is 3.90. The number of nitrogens with zero attached hydrogens (tertiary/aromatic N) is 4. The highest BCUT2D eigenvalue weighted by Gasteiger charge is 2.29. The van der Waals surface area contributed by atoms with Crippen LogP contribution in [-0.2, 0) is 41.0 Å². The molecule has 1 aliphatic heterocycles. The largest absolute Gasteiger partial charge is 0.333 e. The minimum absolute atomic E-state index is 0.0313. The summed E-state index contributed by atoms with van der Waals surface area (Å²) in [6, 6.07) is 7.18. The zero-order chi connectivity index (χ0) is 25.2. The van der Waals surface area contributed by atoms with E-state index in [1.165, 1.54) is 29.2 Å². The van der Waals surface area contributed by atoms with Crippen LogP contribution in [0.5, 0.6) is 0 Å². The van der Waals surface area contributed by atoms with E-state index in [0.29, 0.717) is 18.0 Å². The maximum Gasteiger partial charge on any atom is 0.240 e. The van der Waals surface area contributed by atoms with Crippen LogP contribution in [0.1, 0.15) is 23.6 Å². The Labute approximate surface area is 198 Å². The van der Waals surface area contributed by atoms with Crippen molar-refractivity contribution in [3.05, 3.63) is 77.1 Å². The standard InChI is InChI=1S/C22H21F4N5O3S/c23-12-20-27-28-21-13-30(6-7-31(20)21)22(32)10-15(8-14-9-18(25)19(26)11-17(14)24)29-35(33,34)16-4-2-1-3-5-16/h1-5,9,11,15,29H,6-8,10,12-13H2/t15-/m1/s1. The maximum atomic E-state index is 14.3. The number of carbonyl (C=O) groups excluding carboxylic acids is 1. The van der Waals surface area contributed by atoms with Gasteiger partial charge in [0.25, 0.3) is 0 Å². The number of carbonyl (C=O) groups is 1. The van der Waals surface area contributed by atoms with E-state index in [2.05, 4.69) is 14.9 Å². The average molecular weight is 512 g/mol. The summed E-state index contributed by atoms with van der Waals surface area (Å²) in [4.78, 5) is 14.4. The van der Waals surface area contributed by atoms with Gasteiger partial charge in [0.1, 0.15) is 12.5 Å². The first kappa shape index (κ1) is 24.8. The van der Waals surface area contributed by atoms with E-state index < -0.39 is 58.9 Å². The van der Waals surface area contributed by atoms with E-state index in [1.807, 2.05) is 0 Å². The Morgan fingerprint density at radius 3 is 2.46 bits per heavy atom. The number of amides is 1. The first-order valence-electron chi connectivity index (χ1n) is 10.6.